The first kappa shape index (κ1) is 22.0. The Labute approximate surface area is 166 Å². The molecular formula is C17H14F6N4O2S. The lowest BCUT2D eigenvalue weighted by atomic mass is 10.2. The molecule has 0 aromatic carbocycles. The van der Waals surface area contributed by atoms with Crippen LogP contribution in [-0.2, 0) is 29.2 Å². The van der Waals surface area contributed by atoms with Crippen LogP contribution in [0.4, 0.5) is 26.3 Å². The molecule has 0 aliphatic heterocycles. The number of sulfone groups is 1. The molecular weight excluding hydrogens is 438 g/mol. The lowest BCUT2D eigenvalue weighted by Crippen LogP contribution is -2.18. The number of halogens is 6. The Bertz CT molecular complexity index is 1230. The summed E-state index contributed by atoms with van der Waals surface area (Å²) in [7, 11) is -2.87. The van der Waals surface area contributed by atoms with E-state index in [1.54, 1.807) is 0 Å². The molecule has 0 unspecified atom stereocenters. The Balaban J connectivity index is 2.32. The highest BCUT2D eigenvalue weighted by Crippen LogP contribution is 2.36. The average Bonchev–Trinajstić information content (AvgIpc) is 2.95. The number of hydrogen-bond donors (Lipinski definition) is 0. The summed E-state index contributed by atoms with van der Waals surface area (Å²) in [6, 6.07) is 1.12. The minimum Gasteiger partial charge on any atom is -0.324 e. The summed E-state index contributed by atoms with van der Waals surface area (Å²) in [4.78, 5) is 10.3. The number of fused-ring (bicyclic) bond motifs is 1. The van der Waals surface area contributed by atoms with Gasteiger partial charge in [0.15, 0.2) is 15.7 Å². The number of alkyl halides is 6. The second kappa shape index (κ2) is 6.93. The second-order valence-corrected chi connectivity index (χ2v) is 9.19. The fourth-order valence-electron chi connectivity index (χ4n) is 2.69. The zero-order valence-electron chi connectivity index (χ0n) is 15.7. The molecule has 30 heavy (non-hydrogen) atoms. The van der Waals surface area contributed by atoms with Crippen molar-refractivity contribution in [3.8, 4) is 11.5 Å². The zero-order valence-corrected chi connectivity index (χ0v) is 16.5. The Morgan fingerprint density at radius 2 is 1.60 bits per heavy atom. The molecule has 3 aromatic heterocycles. The topological polar surface area (TPSA) is 77.7 Å². The third kappa shape index (κ3) is 3.73. The van der Waals surface area contributed by atoms with Crippen LogP contribution in [0.15, 0.2) is 29.4 Å². The highest BCUT2D eigenvalue weighted by atomic mass is 32.2. The number of hydrogen-bond acceptors (Lipinski definition) is 5. The lowest BCUT2D eigenvalue weighted by Gasteiger charge is -2.15. The quantitative estimate of drug-likeness (QED) is 0.556. The average molecular weight is 452 g/mol. The first-order valence-electron chi connectivity index (χ1n) is 8.35. The van der Waals surface area contributed by atoms with Gasteiger partial charge in [0, 0.05) is 13.2 Å². The standard InChI is InChI=1S/C17H14F6N4O2S/c1-8(2)30(28,29)12-4-9(16(18,19)20)6-25-14(12)15-26-10-5-13(17(21,22)23)24-7-11(10)27(15)3/h4-8H,1-3H3. The van der Waals surface area contributed by atoms with Gasteiger partial charge in [0.2, 0.25) is 0 Å². The van der Waals surface area contributed by atoms with Crippen LogP contribution in [0.5, 0.6) is 0 Å². The van der Waals surface area contributed by atoms with Gasteiger partial charge in [-0.1, -0.05) is 0 Å². The third-order valence-electron chi connectivity index (χ3n) is 4.38. The van der Waals surface area contributed by atoms with Crippen LogP contribution >= 0.6 is 0 Å². The highest BCUT2D eigenvalue weighted by molar-refractivity contribution is 7.92. The SMILES string of the molecule is CC(C)S(=O)(=O)c1cc(C(F)(F)F)cnc1-c1nc2cc(C(F)(F)F)ncc2n1C. The van der Waals surface area contributed by atoms with Crippen molar-refractivity contribution >= 4 is 20.9 Å². The maximum Gasteiger partial charge on any atom is 0.433 e. The fraction of sp³-hybridized carbons (Fsp3) is 0.353. The van der Waals surface area contributed by atoms with Gasteiger partial charge in [0.1, 0.15) is 11.4 Å². The first-order chi connectivity index (χ1) is 13.6. The minimum absolute atomic E-state index is 0.118. The van der Waals surface area contributed by atoms with Gasteiger partial charge in [0.25, 0.3) is 0 Å². The minimum atomic E-state index is -4.84. The molecule has 3 aromatic rings. The van der Waals surface area contributed by atoms with Crippen molar-refractivity contribution in [3.05, 3.63) is 35.8 Å². The molecule has 0 aliphatic carbocycles. The predicted molar refractivity (Wildman–Crippen MR) is 94.1 cm³/mol. The summed E-state index contributed by atoms with van der Waals surface area (Å²) in [6.07, 6.45) is -8.22. The van der Waals surface area contributed by atoms with E-state index in [-0.39, 0.29) is 16.9 Å². The smallest absolute Gasteiger partial charge is 0.324 e. The zero-order chi connectivity index (χ0) is 22.6. The van der Waals surface area contributed by atoms with Crippen LogP contribution in [0.25, 0.3) is 22.6 Å². The van der Waals surface area contributed by atoms with Crippen molar-refractivity contribution in [2.75, 3.05) is 0 Å². The molecule has 0 bridgehead atoms. The maximum atomic E-state index is 13.1. The molecule has 162 valence electrons. The van der Waals surface area contributed by atoms with Crippen molar-refractivity contribution in [3.63, 3.8) is 0 Å². The third-order valence-corrected chi connectivity index (χ3v) is 6.54. The van der Waals surface area contributed by atoms with Crippen LogP contribution in [0, 0.1) is 0 Å². The van der Waals surface area contributed by atoms with E-state index >= 15 is 0 Å². The highest BCUT2D eigenvalue weighted by Gasteiger charge is 2.36. The molecule has 0 saturated carbocycles. The van der Waals surface area contributed by atoms with Gasteiger partial charge in [-0.25, -0.2) is 18.4 Å². The number of imidazole rings is 1. The molecule has 0 saturated heterocycles. The summed E-state index contributed by atoms with van der Waals surface area (Å²) in [6.45, 7) is 2.57. The predicted octanol–water partition coefficient (Wildman–Crippen LogP) is 4.25. The van der Waals surface area contributed by atoms with Crippen LogP contribution in [0.1, 0.15) is 25.1 Å². The van der Waals surface area contributed by atoms with Gasteiger partial charge in [0.05, 0.1) is 32.9 Å². The van der Waals surface area contributed by atoms with E-state index in [4.69, 9.17) is 0 Å². The van der Waals surface area contributed by atoms with Gasteiger partial charge < -0.3 is 4.57 Å². The molecule has 3 rings (SSSR count). The fourth-order valence-corrected chi connectivity index (χ4v) is 3.91. The molecule has 0 fully saturated rings. The number of aryl methyl sites for hydroxylation is 1. The molecule has 0 spiro atoms. The van der Waals surface area contributed by atoms with Gasteiger partial charge in [-0.3, -0.25) is 4.98 Å². The van der Waals surface area contributed by atoms with Gasteiger partial charge in [-0.2, -0.15) is 26.3 Å². The molecule has 0 atom stereocenters. The summed E-state index contributed by atoms with van der Waals surface area (Å²) in [5.41, 5.74) is -2.93. The van der Waals surface area contributed by atoms with E-state index in [1.807, 2.05) is 0 Å². The van der Waals surface area contributed by atoms with Gasteiger partial charge in [-0.15, -0.1) is 0 Å². The van der Waals surface area contributed by atoms with Gasteiger partial charge in [-0.05, 0) is 26.0 Å². The van der Waals surface area contributed by atoms with Gasteiger partial charge >= 0.3 is 12.4 Å². The molecule has 6 nitrogen and oxygen atoms in total. The molecule has 3 heterocycles. The van der Waals surface area contributed by atoms with Crippen LogP contribution in [0.2, 0.25) is 0 Å². The first-order valence-corrected chi connectivity index (χ1v) is 9.90. The van der Waals surface area contributed by atoms with Crippen molar-refractivity contribution in [2.45, 2.75) is 36.3 Å². The number of pyridine rings is 2. The van der Waals surface area contributed by atoms with E-state index in [0.29, 0.717) is 18.3 Å². The summed E-state index contributed by atoms with van der Waals surface area (Å²) in [5.74, 6) is -0.209. The number of rotatable bonds is 3. The Hall–Kier alpha value is -2.70. The van der Waals surface area contributed by atoms with E-state index in [1.165, 1.54) is 25.5 Å². The van der Waals surface area contributed by atoms with Crippen LogP contribution in [0.3, 0.4) is 0 Å². The molecule has 0 amide bonds. The Morgan fingerprint density at radius 3 is 2.13 bits per heavy atom. The molecule has 13 heteroatoms. The van der Waals surface area contributed by atoms with Crippen LogP contribution in [-0.4, -0.2) is 33.2 Å². The Morgan fingerprint density at radius 1 is 0.967 bits per heavy atom. The van der Waals surface area contributed by atoms with E-state index in [0.717, 1.165) is 6.20 Å². The van der Waals surface area contributed by atoms with E-state index < -0.39 is 49.3 Å². The molecule has 0 N–H and O–H groups in total. The summed E-state index contributed by atoms with van der Waals surface area (Å²) in [5, 5.41) is -1.07. The Kier molecular flexibility index (Phi) is 5.08. The normalized spacial score (nSPS) is 13.4. The molecule has 0 aliphatic rings. The van der Waals surface area contributed by atoms with Crippen molar-refractivity contribution in [2.24, 2.45) is 7.05 Å². The summed E-state index contributed by atoms with van der Waals surface area (Å²) < 4.78 is 105. The van der Waals surface area contributed by atoms with E-state index in [9.17, 15) is 34.8 Å². The van der Waals surface area contributed by atoms with Crippen molar-refractivity contribution in [1.82, 2.24) is 19.5 Å². The van der Waals surface area contributed by atoms with Crippen LogP contribution < -0.4 is 0 Å². The second-order valence-electron chi connectivity index (χ2n) is 6.71. The van der Waals surface area contributed by atoms with Crippen molar-refractivity contribution in [1.29, 1.82) is 0 Å². The molecule has 0 radical (unpaired) electrons. The van der Waals surface area contributed by atoms with E-state index in [2.05, 4.69) is 15.0 Å². The number of nitrogens with zero attached hydrogens (tertiary/aromatic N) is 4. The number of aromatic nitrogens is 4. The summed E-state index contributed by atoms with van der Waals surface area (Å²) >= 11 is 0. The lowest BCUT2D eigenvalue weighted by molar-refractivity contribution is -0.141. The largest absolute Gasteiger partial charge is 0.433 e. The monoisotopic (exact) mass is 452 g/mol. The van der Waals surface area contributed by atoms with Crippen molar-refractivity contribution < 1.29 is 34.8 Å². The maximum absolute atomic E-state index is 13.1.